The molecule has 2 atom stereocenters. The number of hydrogen-bond acceptors (Lipinski definition) is 2. The second-order valence-electron chi connectivity index (χ2n) is 11.0. The molecule has 0 bridgehead atoms. The molecule has 1 heterocycles. The standard InChI is InChI=1S/C30H41FN2O/c1-21(2)30(34)33(27-8-6-5-7-9-27)19-26-18-32(17-25-16-23(4)12-15-29(25)31)20-28(26)24-13-10-22(3)11-14-24/h10-16,21,26-28H,5-9,17-20H2,1-4H3/t26-,28+/m1/s1. The molecule has 184 valence electrons. The molecule has 2 aromatic carbocycles. The lowest BCUT2D eigenvalue weighted by Gasteiger charge is -2.38. The number of hydrogen-bond donors (Lipinski definition) is 0. The Hall–Kier alpha value is -2.20. The molecule has 34 heavy (non-hydrogen) atoms. The molecule has 0 aromatic heterocycles. The Bertz CT molecular complexity index is 964. The van der Waals surface area contributed by atoms with E-state index < -0.39 is 0 Å². The van der Waals surface area contributed by atoms with E-state index >= 15 is 0 Å². The second-order valence-corrected chi connectivity index (χ2v) is 11.0. The van der Waals surface area contributed by atoms with E-state index in [4.69, 9.17) is 0 Å². The number of amides is 1. The van der Waals surface area contributed by atoms with Crippen LogP contribution in [-0.2, 0) is 11.3 Å². The summed E-state index contributed by atoms with van der Waals surface area (Å²) in [7, 11) is 0. The molecule has 3 nitrogen and oxygen atoms in total. The van der Waals surface area contributed by atoms with E-state index in [2.05, 4.69) is 41.0 Å². The van der Waals surface area contributed by atoms with Gasteiger partial charge in [-0.3, -0.25) is 9.69 Å². The quantitative estimate of drug-likeness (QED) is 0.468. The fourth-order valence-electron chi connectivity index (χ4n) is 5.93. The third-order valence-electron chi connectivity index (χ3n) is 7.84. The zero-order valence-corrected chi connectivity index (χ0v) is 21.4. The Labute approximate surface area is 205 Å². The molecule has 1 saturated carbocycles. The number of carbonyl (C=O) groups is 1. The van der Waals surface area contributed by atoms with Gasteiger partial charge in [0.2, 0.25) is 5.91 Å². The maximum Gasteiger partial charge on any atom is 0.225 e. The van der Waals surface area contributed by atoms with E-state index in [1.54, 1.807) is 6.07 Å². The lowest BCUT2D eigenvalue weighted by atomic mass is 9.86. The normalized spacial score (nSPS) is 21.8. The van der Waals surface area contributed by atoms with E-state index in [1.165, 1.54) is 30.4 Å². The highest BCUT2D eigenvalue weighted by Gasteiger charge is 2.38. The first-order chi connectivity index (χ1) is 16.3. The largest absolute Gasteiger partial charge is 0.339 e. The number of aryl methyl sites for hydroxylation is 2. The van der Waals surface area contributed by atoms with E-state index in [0.717, 1.165) is 43.6 Å². The van der Waals surface area contributed by atoms with Crippen molar-refractivity contribution in [2.75, 3.05) is 19.6 Å². The molecule has 0 spiro atoms. The summed E-state index contributed by atoms with van der Waals surface area (Å²) in [5.74, 6) is 0.871. The minimum atomic E-state index is -0.125. The summed E-state index contributed by atoms with van der Waals surface area (Å²) in [6.45, 7) is 11.4. The van der Waals surface area contributed by atoms with E-state index in [1.807, 2.05) is 32.9 Å². The number of rotatable bonds is 7. The van der Waals surface area contributed by atoms with Gasteiger partial charge in [0.05, 0.1) is 0 Å². The third-order valence-corrected chi connectivity index (χ3v) is 7.84. The van der Waals surface area contributed by atoms with Gasteiger partial charge in [-0.05, 0) is 44.2 Å². The predicted molar refractivity (Wildman–Crippen MR) is 137 cm³/mol. The summed E-state index contributed by atoms with van der Waals surface area (Å²) < 4.78 is 14.6. The van der Waals surface area contributed by atoms with Crippen LogP contribution in [0, 0.1) is 31.5 Å². The molecular formula is C30H41FN2O. The van der Waals surface area contributed by atoms with Gasteiger partial charge in [-0.25, -0.2) is 4.39 Å². The van der Waals surface area contributed by atoms with Gasteiger partial charge in [0.1, 0.15) is 5.82 Å². The Morgan fingerprint density at radius 1 is 1.00 bits per heavy atom. The van der Waals surface area contributed by atoms with Crippen LogP contribution in [0.2, 0.25) is 0 Å². The first kappa shape index (κ1) is 24.9. The van der Waals surface area contributed by atoms with Crippen LogP contribution in [0.15, 0.2) is 42.5 Å². The van der Waals surface area contributed by atoms with Gasteiger partial charge in [-0.2, -0.15) is 0 Å². The van der Waals surface area contributed by atoms with Gasteiger partial charge in [-0.1, -0.05) is 80.6 Å². The van der Waals surface area contributed by atoms with Crippen LogP contribution in [0.25, 0.3) is 0 Å². The summed E-state index contributed by atoms with van der Waals surface area (Å²) in [4.78, 5) is 18.0. The Balaban J connectivity index is 1.58. The molecule has 1 amide bonds. The number of nitrogens with zero attached hydrogens (tertiary/aromatic N) is 2. The van der Waals surface area contributed by atoms with Crippen LogP contribution in [-0.4, -0.2) is 41.4 Å². The fourth-order valence-corrected chi connectivity index (χ4v) is 5.93. The van der Waals surface area contributed by atoms with Crippen LogP contribution in [0.3, 0.4) is 0 Å². The molecule has 2 fully saturated rings. The molecule has 2 aliphatic rings. The van der Waals surface area contributed by atoms with Crippen molar-refractivity contribution in [1.29, 1.82) is 0 Å². The van der Waals surface area contributed by atoms with Gasteiger partial charge < -0.3 is 4.90 Å². The van der Waals surface area contributed by atoms with Crippen molar-refractivity contribution in [2.24, 2.45) is 11.8 Å². The lowest BCUT2D eigenvalue weighted by Crippen LogP contribution is -2.47. The summed E-state index contributed by atoms with van der Waals surface area (Å²) >= 11 is 0. The molecule has 1 aliphatic heterocycles. The fraction of sp³-hybridized carbons (Fsp3) is 0.567. The number of benzene rings is 2. The zero-order valence-electron chi connectivity index (χ0n) is 21.4. The van der Waals surface area contributed by atoms with Crippen molar-refractivity contribution in [3.05, 3.63) is 70.5 Å². The van der Waals surface area contributed by atoms with E-state index in [0.29, 0.717) is 24.4 Å². The van der Waals surface area contributed by atoms with Crippen LogP contribution in [0.4, 0.5) is 4.39 Å². The third kappa shape index (κ3) is 5.89. The molecule has 0 radical (unpaired) electrons. The molecule has 4 rings (SSSR count). The summed E-state index contributed by atoms with van der Waals surface area (Å²) in [5.41, 5.74) is 4.46. The van der Waals surface area contributed by atoms with Gasteiger partial charge in [0.15, 0.2) is 0 Å². The van der Waals surface area contributed by atoms with Crippen molar-refractivity contribution in [1.82, 2.24) is 9.80 Å². The highest BCUT2D eigenvalue weighted by atomic mass is 19.1. The van der Waals surface area contributed by atoms with Crippen molar-refractivity contribution in [3.63, 3.8) is 0 Å². The van der Waals surface area contributed by atoms with Crippen molar-refractivity contribution in [3.8, 4) is 0 Å². The maximum absolute atomic E-state index is 14.6. The molecule has 1 aliphatic carbocycles. The van der Waals surface area contributed by atoms with Crippen molar-refractivity contribution < 1.29 is 9.18 Å². The monoisotopic (exact) mass is 464 g/mol. The molecule has 2 aromatic rings. The predicted octanol–water partition coefficient (Wildman–Crippen LogP) is 6.48. The lowest BCUT2D eigenvalue weighted by molar-refractivity contribution is -0.138. The van der Waals surface area contributed by atoms with E-state index in [-0.39, 0.29) is 17.6 Å². The van der Waals surface area contributed by atoms with Crippen LogP contribution in [0.1, 0.15) is 74.1 Å². The molecule has 4 heteroatoms. The molecule has 0 N–H and O–H groups in total. The smallest absolute Gasteiger partial charge is 0.225 e. The summed E-state index contributed by atoms with van der Waals surface area (Å²) in [6.07, 6.45) is 5.97. The highest BCUT2D eigenvalue weighted by Crippen LogP contribution is 2.36. The number of carbonyl (C=O) groups excluding carboxylic acids is 1. The first-order valence-electron chi connectivity index (χ1n) is 13.2. The second kappa shape index (κ2) is 11.0. The van der Waals surface area contributed by atoms with Crippen LogP contribution < -0.4 is 0 Å². The zero-order chi connectivity index (χ0) is 24.2. The van der Waals surface area contributed by atoms with Crippen molar-refractivity contribution >= 4 is 5.91 Å². The minimum absolute atomic E-state index is 0.0126. The average molecular weight is 465 g/mol. The van der Waals surface area contributed by atoms with E-state index in [9.17, 15) is 9.18 Å². The minimum Gasteiger partial charge on any atom is -0.339 e. The highest BCUT2D eigenvalue weighted by molar-refractivity contribution is 5.78. The van der Waals surface area contributed by atoms with Gasteiger partial charge in [-0.15, -0.1) is 0 Å². The summed E-state index contributed by atoms with van der Waals surface area (Å²) in [5, 5.41) is 0. The topological polar surface area (TPSA) is 23.6 Å². The Morgan fingerprint density at radius 2 is 1.68 bits per heavy atom. The number of halogens is 1. The van der Waals surface area contributed by atoms with Gasteiger partial charge in [0.25, 0.3) is 0 Å². The van der Waals surface area contributed by atoms with Gasteiger partial charge in [0, 0.05) is 49.6 Å². The molecular weight excluding hydrogens is 423 g/mol. The first-order valence-corrected chi connectivity index (χ1v) is 13.2. The maximum atomic E-state index is 14.6. The number of likely N-dealkylation sites (tertiary alicyclic amines) is 1. The SMILES string of the molecule is Cc1ccc([C@@H]2CN(Cc3cc(C)ccc3F)C[C@@H]2CN(C(=O)C(C)C)C2CCCCC2)cc1. The molecule has 0 unspecified atom stereocenters. The molecule has 1 saturated heterocycles. The average Bonchev–Trinajstić information content (AvgIpc) is 3.22. The Morgan fingerprint density at radius 3 is 2.35 bits per heavy atom. The summed E-state index contributed by atoms with van der Waals surface area (Å²) in [6, 6.07) is 14.6. The van der Waals surface area contributed by atoms with Gasteiger partial charge >= 0.3 is 0 Å². The van der Waals surface area contributed by atoms with Crippen LogP contribution >= 0.6 is 0 Å². The van der Waals surface area contributed by atoms with Crippen molar-refractivity contribution in [2.45, 2.75) is 78.3 Å². The van der Waals surface area contributed by atoms with Crippen LogP contribution in [0.5, 0.6) is 0 Å². The Kier molecular flexibility index (Phi) is 8.08.